The average Bonchev–Trinajstić information content (AvgIpc) is 2.60. The molecule has 5 heteroatoms. The summed E-state index contributed by atoms with van der Waals surface area (Å²) < 4.78 is 0.910. The first kappa shape index (κ1) is 13.8. The van der Waals surface area contributed by atoms with Gasteiger partial charge in [0.25, 0.3) is 0 Å². The van der Waals surface area contributed by atoms with Gasteiger partial charge in [-0.1, -0.05) is 54.4 Å². The Labute approximate surface area is 124 Å². The monoisotopic (exact) mass is 344 g/mol. The molecule has 1 aromatic carbocycles. The maximum Gasteiger partial charge on any atom is 0.114 e. The molecule has 0 radical (unpaired) electrons. The molecule has 2 aromatic rings. The summed E-state index contributed by atoms with van der Waals surface area (Å²) in [6.45, 7) is 6.39. The lowest BCUT2D eigenvalue weighted by Gasteiger charge is -2.13. The van der Waals surface area contributed by atoms with E-state index in [1.165, 1.54) is 0 Å². The van der Waals surface area contributed by atoms with Crippen LogP contribution < -0.4 is 5.73 Å². The quantitative estimate of drug-likeness (QED) is 0.780. The number of rotatable bonds is 1. The van der Waals surface area contributed by atoms with Crippen LogP contribution >= 0.6 is 38.9 Å². The van der Waals surface area contributed by atoms with Crippen molar-refractivity contribution in [2.24, 2.45) is 0 Å². The maximum atomic E-state index is 6.08. The highest BCUT2D eigenvalue weighted by Gasteiger charge is 2.22. The Morgan fingerprint density at radius 3 is 2.50 bits per heavy atom. The van der Waals surface area contributed by atoms with Gasteiger partial charge in [0.1, 0.15) is 15.7 Å². The topological polar surface area (TPSA) is 38.9 Å². The molecule has 1 heterocycles. The van der Waals surface area contributed by atoms with Gasteiger partial charge in [0.2, 0.25) is 0 Å². The molecular weight excluding hydrogens is 332 g/mol. The predicted molar refractivity (Wildman–Crippen MR) is 83.4 cm³/mol. The lowest BCUT2D eigenvalue weighted by atomic mass is 9.98. The van der Waals surface area contributed by atoms with Crippen molar-refractivity contribution < 1.29 is 0 Å². The Morgan fingerprint density at radius 2 is 2.00 bits per heavy atom. The molecule has 1 aromatic heterocycles. The van der Waals surface area contributed by atoms with Gasteiger partial charge in [-0.05, 0) is 12.1 Å². The molecule has 0 saturated carbocycles. The number of nitrogen functional groups attached to an aromatic ring is 1. The molecule has 0 aliphatic rings. The van der Waals surface area contributed by atoms with Crippen LogP contribution in [0.1, 0.15) is 25.8 Å². The lowest BCUT2D eigenvalue weighted by Crippen LogP contribution is -2.10. The highest BCUT2D eigenvalue weighted by Crippen LogP contribution is 2.39. The van der Waals surface area contributed by atoms with Crippen LogP contribution in [0.25, 0.3) is 11.3 Å². The van der Waals surface area contributed by atoms with Crippen LogP contribution in [-0.2, 0) is 5.41 Å². The molecule has 2 nitrogen and oxygen atoms in total. The fourth-order valence-corrected chi connectivity index (χ4v) is 3.30. The van der Waals surface area contributed by atoms with E-state index < -0.39 is 0 Å². The van der Waals surface area contributed by atoms with Crippen molar-refractivity contribution in [3.05, 3.63) is 32.7 Å². The zero-order valence-corrected chi connectivity index (χ0v) is 13.6. The van der Waals surface area contributed by atoms with Crippen LogP contribution in [0.3, 0.4) is 0 Å². The molecule has 0 amide bonds. The summed E-state index contributed by atoms with van der Waals surface area (Å²) in [5, 5.41) is 2.47. The molecule has 0 unspecified atom stereocenters. The molecule has 2 rings (SSSR count). The third-order valence-electron chi connectivity index (χ3n) is 2.48. The van der Waals surface area contributed by atoms with E-state index in [0.29, 0.717) is 5.02 Å². The minimum absolute atomic E-state index is 0.00986. The molecule has 0 saturated heterocycles. The van der Waals surface area contributed by atoms with E-state index >= 15 is 0 Å². The summed E-state index contributed by atoms with van der Waals surface area (Å²) in [6, 6.07) is 5.63. The molecule has 0 aliphatic carbocycles. The fourth-order valence-electron chi connectivity index (χ4n) is 1.53. The first-order valence-electron chi connectivity index (χ1n) is 5.51. The van der Waals surface area contributed by atoms with Crippen molar-refractivity contribution in [2.45, 2.75) is 26.2 Å². The minimum atomic E-state index is 0.00986. The summed E-state index contributed by atoms with van der Waals surface area (Å²) >= 11 is 11.0. The predicted octanol–water partition coefficient (Wildman–Crippen LogP) is 5.11. The van der Waals surface area contributed by atoms with E-state index in [4.69, 9.17) is 17.3 Å². The van der Waals surface area contributed by atoms with Crippen molar-refractivity contribution in [1.29, 1.82) is 0 Å². The number of halogens is 2. The standard InChI is InChI=1S/C13H14BrClN2S/c1-13(2,3)12-17-10(11(16)18-12)8-5-4-7(15)6-9(8)14/h4-6H,16H2,1-3H3. The second-order valence-corrected chi connectivity index (χ2v) is 7.43. The third-order valence-corrected chi connectivity index (χ3v) is 4.68. The highest BCUT2D eigenvalue weighted by atomic mass is 79.9. The molecule has 18 heavy (non-hydrogen) atoms. The number of benzene rings is 1. The number of nitrogens with zero attached hydrogens (tertiary/aromatic N) is 1. The Bertz CT molecular complexity index is 587. The van der Waals surface area contributed by atoms with Crippen molar-refractivity contribution >= 4 is 43.9 Å². The van der Waals surface area contributed by atoms with Crippen LogP contribution in [0.5, 0.6) is 0 Å². The molecule has 0 atom stereocenters. The second-order valence-electron chi connectivity index (χ2n) is 5.11. The normalized spacial score (nSPS) is 11.8. The summed E-state index contributed by atoms with van der Waals surface area (Å²) in [7, 11) is 0. The first-order valence-corrected chi connectivity index (χ1v) is 7.50. The summed E-state index contributed by atoms with van der Waals surface area (Å²) in [5.74, 6) is 0. The average molecular weight is 346 g/mol. The summed E-state index contributed by atoms with van der Waals surface area (Å²) in [6.07, 6.45) is 0. The maximum absolute atomic E-state index is 6.08. The van der Waals surface area contributed by atoms with Crippen LogP contribution in [0.4, 0.5) is 5.00 Å². The number of thiazole rings is 1. The number of nitrogens with two attached hydrogens (primary N) is 1. The van der Waals surface area contributed by atoms with Gasteiger partial charge < -0.3 is 5.73 Å². The molecule has 0 spiro atoms. The second kappa shape index (κ2) is 4.83. The lowest BCUT2D eigenvalue weighted by molar-refractivity contribution is 0.586. The first-order chi connectivity index (χ1) is 8.29. The minimum Gasteiger partial charge on any atom is -0.389 e. The Kier molecular flexibility index (Phi) is 3.72. The third kappa shape index (κ3) is 2.71. The van der Waals surface area contributed by atoms with E-state index in [1.807, 2.05) is 18.2 Å². The summed E-state index contributed by atoms with van der Waals surface area (Å²) in [4.78, 5) is 4.66. The number of hydrogen-bond donors (Lipinski definition) is 1. The van der Waals surface area contributed by atoms with Gasteiger partial charge in [-0.15, -0.1) is 11.3 Å². The van der Waals surface area contributed by atoms with Crippen molar-refractivity contribution in [3.8, 4) is 11.3 Å². The number of aromatic nitrogens is 1. The Hall–Kier alpha value is -0.580. The van der Waals surface area contributed by atoms with Gasteiger partial charge in [-0.2, -0.15) is 0 Å². The van der Waals surface area contributed by atoms with Crippen LogP contribution in [0.15, 0.2) is 22.7 Å². The van der Waals surface area contributed by atoms with Crippen molar-refractivity contribution in [3.63, 3.8) is 0 Å². The zero-order chi connectivity index (χ0) is 13.5. The van der Waals surface area contributed by atoms with Gasteiger partial charge in [-0.3, -0.25) is 0 Å². The van der Waals surface area contributed by atoms with E-state index in [1.54, 1.807) is 11.3 Å². The largest absolute Gasteiger partial charge is 0.389 e. The van der Waals surface area contributed by atoms with Gasteiger partial charge in [-0.25, -0.2) is 4.98 Å². The number of anilines is 1. The van der Waals surface area contributed by atoms with Crippen LogP contribution in [0.2, 0.25) is 5.02 Å². The summed E-state index contributed by atoms with van der Waals surface area (Å²) in [5.41, 5.74) is 7.89. The van der Waals surface area contributed by atoms with Gasteiger partial charge >= 0.3 is 0 Å². The molecular formula is C13H14BrClN2S. The molecule has 96 valence electrons. The van der Waals surface area contributed by atoms with Crippen LogP contribution in [-0.4, -0.2) is 4.98 Å². The molecule has 0 bridgehead atoms. The van der Waals surface area contributed by atoms with Crippen LogP contribution in [0, 0.1) is 0 Å². The Balaban J connectivity index is 2.55. The molecule has 2 N–H and O–H groups in total. The van der Waals surface area contributed by atoms with E-state index in [-0.39, 0.29) is 5.41 Å². The molecule has 0 fully saturated rings. The van der Waals surface area contributed by atoms with Gasteiger partial charge in [0.15, 0.2) is 0 Å². The smallest absolute Gasteiger partial charge is 0.114 e. The van der Waals surface area contributed by atoms with Crippen molar-refractivity contribution in [2.75, 3.05) is 5.73 Å². The zero-order valence-electron chi connectivity index (χ0n) is 10.4. The molecule has 0 aliphatic heterocycles. The van der Waals surface area contributed by atoms with E-state index in [2.05, 4.69) is 41.7 Å². The van der Waals surface area contributed by atoms with Crippen molar-refractivity contribution in [1.82, 2.24) is 4.98 Å². The highest BCUT2D eigenvalue weighted by molar-refractivity contribution is 9.10. The fraction of sp³-hybridized carbons (Fsp3) is 0.308. The van der Waals surface area contributed by atoms with E-state index in [0.717, 1.165) is 25.7 Å². The van der Waals surface area contributed by atoms with Gasteiger partial charge in [0, 0.05) is 20.5 Å². The van der Waals surface area contributed by atoms with Gasteiger partial charge in [0.05, 0.1) is 0 Å². The SMILES string of the molecule is CC(C)(C)c1nc(-c2ccc(Cl)cc2Br)c(N)s1. The number of hydrogen-bond acceptors (Lipinski definition) is 3. The van der Waals surface area contributed by atoms with E-state index in [9.17, 15) is 0 Å². The Morgan fingerprint density at radius 1 is 1.33 bits per heavy atom.